The Morgan fingerprint density at radius 1 is 1.25 bits per heavy atom. The van der Waals surface area contributed by atoms with E-state index in [1.807, 2.05) is 0 Å². The lowest BCUT2D eigenvalue weighted by Crippen LogP contribution is -2.47. The normalized spacial score (nSPS) is 19.1. The molecule has 0 aromatic heterocycles. The first-order valence-corrected chi connectivity index (χ1v) is 7.83. The molecule has 1 saturated heterocycles. The smallest absolute Gasteiger partial charge is 0.0615 e. The van der Waals surface area contributed by atoms with Gasteiger partial charge in [-0.25, -0.2) is 0 Å². The third-order valence-electron chi connectivity index (χ3n) is 4.17. The number of piperidine rings is 1. The zero-order valence-corrected chi connectivity index (χ0v) is 12.8. The summed E-state index contributed by atoms with van der Waals surface area (Å²) in [6, 6.07) is 11.9. The van der Waals surface area contributed by atoms with Gasteiger partial charge in [-0.15, -0.1) is 0 Å². The van der Waals surface area contributed by atoms with Gasteiger partial charge in [-0.2, -0.15) is 0 Å². The van der Waals surface area contributed by atoms with Gasteiger partial charge < -0.3 is 10.1 Å². The predicted molar refractivity (Wildman–Crippen MR) is 83.8 cm³/mol. The van der Waals surface area contributed by atoms with E-state index < -0.39 is 0 Å². The second-order valence-corrected chi connectivity index (χ2v) is 5.76. The van der Waals surface area contributed by atoms with Crippen LogP contribution in [0.1, 0.15) is 31.7 Å². The number of likely N-dealkylation sites (tertiary alicyclic amines) is 1. The number of hydrogen-bond donors (Lipinski definition) is 1. The molecule has 3 nitrogen and oxygen atoms in total. The minimum atomic E-state index is 0.505. The fourth-order valence-electron chi connectivity index (χ4n) is 2.92. The molecular weight excluding hydrogens is 248 g/mol. The van der Waals surface area contributed by atoms with Crippen LogP contribution in [0.15, 0.2) is 30.3 Å². The maximum absolute atomic E-state index is 5.26. The number of benzene rings is 1. The van der Waals surface area contributed by atoms with Crippen LogP contribution in [0.4, 0.5) is 0 Å². The first kappa shape index (κ1) is 15.5. The molecule has 112 valence electrons. The van der Waals surface area contributed by atoms with Gasteiger partial charge in [0.25, 0.3) is 0 Å². The number of hydrogen-bond acceptors (Lipinski definition) is 3. The average molecular weight is 276 g/mol. The molecule has 0 saturated carbocycles. The summed E-state index contributed by atoms with van der Waals surface area (Å²) in [4.78, 5) is 2.56. The molecule has 1 aliphatic rings. The monoisotopic (exact) mass is 276 g/mol. The maximum atomic E-state index is 5.26. The fourth-order valence-corrected chi connectivity index (χ4v) is 2.92. The third kappa shape index (κ3) is 4.89. The molecule has 0 aliphatic carbocycles. The Balaban J connectivity index is 1.72. The molecule has 1 unspecified atom stereocenters. The van der Waals surface area contributed by atoms with E-state index in [4.69, 9.17) is 4.74 Å². The highest BCUT2D eigenvalue weighted by atomic mass is 16.5. The van der Waals surface area contributed by atoms with E-state index in [0.717, 1.165) is 19.6 Å². The van der Waals surface area contributed by atoms with E-state index >= 15 is 0 Å². The van der Waals surface area contributed by atoms with Crippen molar-refractivity contribution in [3.63, 3.8) is 0 Å². The molecule has 1 aromatic carbocycles. The lowest BCUT2D eigenvalue weighted by Gasteiger charge is -2.34. The molecule has 1 N–H and O–H groups in total. The van der Waals surface area contributed by atoms with Gasteiger partial charge in [-0.3, -0.25) is 4.90 Å². The molecule has 1 heterocycles. The zero-order valence-electron chi connectivity index (χ0n) is 12.8. The first-order chi connectivity index (χ1) is 9.81. The van der Waals surface area contributed by atoms with Crippen LogP contribution >= 0.6 is 0 Å². The Kier molecular flexibility index (Phi) is 6.51. The van der Waals surface area contributed by atoms with Crippen molar-refractivity contribution in [3.8, 4) is 0 Å². The molecule has 2 rings (SSSR count). The van der Waals surface area contributed by atoms with Crippen LogP contribution < -0.4 is 5.32 Å². The Labute approximate surface area is 123 Å². The Morgan fingerprint density at radius 2 is 1.95 bits per heavy atom. The van der Waals surface area contributed by atoms with Gasteiger partial charge in [0.1, 0.15) is 0 Å². The summed E-state index contributed by atoms with van der Waals surface area (Å²) in [5.41, 5.74) is 1.42. The minimum Gasteiger partial charge on any atom is -0.383 e. The minimum absolute atomic E-state index is 0.505. The van der Waals surface area contributed by atoms with Crippen LogP contribution in [0.3, 0.4) is 0 Å². The van der Waals surface area contributed by atoms with Gasteiger partial charge in [0.15, 0.2) is 0 Å². The molecule has 1 aliphatic heterocycles. The zero-order chi connectivity index (χ0) is 14.2. The summed E-state index contributed by atoms with van der Waals surface area (Å²) >= 11 is 0. The summed E-state index contributed by atoms with van der Waals surface area (Å²) < 4.78 is 5.26. The van der Waals surface area contributed by atoms with E-state index in [1.54, 1.807) is 7.11 Å². The number of methoxy groups -OCH3 is 1. The quantitative estimate of drug-likeness (QED) is 0.828. The van der Waals surface area contributed by atoms with Crippen LogP contribution in [-0.2, 0) is 11.3 Å². The van der Waals surface area contributed by atoms with Crippen molar-refractivity contribution in [1.82, 2.24) is 10.2 Å². The second kappa shape index (κ2) is 8.40. The highest BCUT2D eigenvalue weighted by Gasteiger charge is 2.21. The average Bonchev–Trinajstić information content (AvgIpc) is 2.50. The van der Waals surface area contributed by atoms with Crippen LogP contribution in [0.25, 0.3) is 0 Å². The predicted octanol–water partition coefficient (Wildman–Crippen LogP) is 2.67. The SMILES string of the molecule is CCC(COC)NC1CCN(Cc2ccccc2)CC1. The van der Waals surface area contributed by atoms with Crippen molar-refractivity contribution in [2.24, 2.45) is 0 Å². The van der Waals surface area contributed by atoms with Crippen molar-refractivity contribution in [3.05, 3.63) is 35.9 Å². The second-order valence-electron chi connectivity index (χ2n) is 5.76. The van der Waals surface area contributed by atoms with Gasteiger partial charge in [-0.05, 0) is 37.9 Å². The number of ether oxygens (including phenoxy) is 1. The molecule has 1 fully saturated rings. The third-order valence-corrected chi connectivity index (χ3v) is 4.17. The number of nitrogens with one attached hydrogen (secondary N) is 1. The van der Waals surface area contributed by atoms with Crippen LogP contribution in [-0.4, -0.2) is 43.8 Å². The molecule has 1 atom stereocenters. The van der Waals surface area contributed by atoms with E-state index in [9.17, 15) is 0 Å². The van der Waals surface area contributed by atoms with E-state index in [1.165, 1.54) is 31.5 Å². The molecule has 0 bridgehead atoms. The first-order valence-electron chi connectivity index (χ1n) is 7.83. The van der Waals surface area contributed by atoms with Crippen LogP contribution in [0, 0.1) is 0 Å². The van der Waals surface area contributed by atoms with Gasteiger partial charge in [0.2, 0.25) is 0 Å². The van der Waals surface area contributed by atoms with Crippen LogP contribution in [0.5, 0.6) is 0 Å². The van der Waals surface area contributed by atoms with Crippen molar-refractivity contribution < 1.29 is 4.74 Å². The summed E-state index contributed by atoms with van der Waals surface area (Å²) in [7, 11) is 1.78. The maximum Gasteiger partial charge on any atom is 0.0615 e. The Bertz CT molecular complexity index is 361. The van der Waals surface area contributed by atoms with E-state index in [-0.39, 0.29) is 0 Å². The molecule has 3 heteroatoms. The molecule has 20 heavy (non-hydrogen) atoms. The molecule has 1 aromatic rings. The van der Waals surface area contributed by atoms with Gasteiger partial charge >= 0.3 is 0 Å². The standard InChI is InChI=1S/C17H28N2O/c1-3-16(14-20-2)18-17-9-11-19(12-10-17)13-15-7-5-4-6-8-15/h4-8,16-18H,3,9-14H2,1-2H3. The molecule has 0 spiro atoms. The van der Waals surface area contributed by atoms with E-state index in [2.05, 4.69) is 47.5 Å². The van der Waals surface area contributed by atoms with Crippen molar-refractivity contribution in [2.45, 2.75) is 44.8 Å². The van der Waals surface area contributed by atoms with Gasteiger partial charge in [0.05, 0.1) is 6.61 Å². The molecule has 0 amide bonds. The van der Waals surface area contributed by atoms with Crippen LogP contribution in [0.2, 0.25) is 0 Å². The van der Waals surface area contributed by atoms with Gasteiger partial charge in [0, 0.05) is 25.7 Å². The van der Waals surface area contributed by atoms with Crippen molar-refractivity contribution in [1.29, 1.82) is 0 Å². The van der Waals surface area contributed by atoms with E-state index in [0.29, 0.717) is 12.1 Å². The fraction of sp³-hybridized carbons (Fsp3) is 0.647. The Hall–Kier alpha value is -0.900. The largest absolute Gasteiger partial charge is 0.383 e. The lowest BCUT2D eigenvalue weighted by molar-refractivity contribution is 0.138. The Morgan fingerprint density at radius 3 is 2.55 bits per heavy atom. The lowest BCUT2D eigenvalue weighted by atomic mass is 10.0. The summed E-state index contributed by atoms with van der Waals surface area (Å²) in [5, 5.41) is 3.74. The van der Waals surface area contributed by atoms with Gasteiger partial charge in [-0.1, -0.05) is 37.3 Å². The summed E-state index contributed by atoms with van der Waals surface area (Å²) in [6.07, 6.45) is 3.62. The summed E-state index contributed by atoms with van der Waals surface area (Å²) in [6.45, 7) is 6.51. The molecule has 0 radical (unpaired) electrons. The molecular formula is C17H28N2O. The summed E-state index contributed by atoms with van der Waals surface area (Å²) in [5.74, 6) is 0. The number of nitrogens with zero attached hydrogens (tertiary/aromatic N) is 1. The number of rotatable bonds is 7. The van der Waals surface area contributed by atoms with Crippen molar-refractivity contribution >= 4 is 0 Å². The highest BCUT2D eigenvalue weighted by molar-refractivity contribution is 5.14. The highest BCUT2D eigenvalue weighted by Crippen LogP contribution is 2.14. The topological polar surface area (TPSA) is 24.5 Å². The van der Waals surface area contributed by atoms with Crippen molar-refractivity contribution in [2.75, 3.05) is 26.8 Å².